The largest absolute Gasteiger partial charge is 0.356 e. The van der Waals surface area contributed by atoms with E-state index in [0.717, 1.165) is 25.1 Å². The van der Waals surface area contributed by atoms with Gasteiger partial charge in [-0.15, -0.1) is 0 Å². The number of aromatic nitrogens is 1. The first kappa shape index (κ1) is 19.2. The molecule has 0 radical (unpaired) electrons. The van der Waals surface area contributed by atoms with E-state index in [1.807, 2.05) is 42.5 Å². The zero-order chi connectivity index (χ0) is 19.9. The van der Waals surface area contributed by atoms with Gasteiger partial charge in [0.05, 0.1) is 6.54 Å². The van der Waals surface area contributed by atoms with Crippen LogP contribution in [0.3, 0.4) is 0 Å². The lowest BCUT2D eigenvalue weighted by Crippen LogP contribution is -2.43. The summed E-state index contributed by atoms with van der Waals surface area (Å²) in [6, 6.07) is 22.3. The number of rotatable bonds is 7. The first-order valence-electron chi connectivity index (χ1n) is 10.1. The van der Waals surface area contributed by atoms with Crippen molar-refractivity contribution in [3.63, 3.8) is 0 Å². The van der Waals surface area contributed by atoms with Crippen molar-refractivity contribution in [2.75, 3.05) is 13.1 Å². The van der Waals surface area contributed by atoms with Gasteiger partial charge in [-0.3, -0.25) is 4.90 Å². The van der Waals surface area contributed by atoms with Crippen LogP contribution in [0, 0.1) is 0 Å². The number of amides is 2. The molecule has 1 saturated heterocycles. The molecule has 1 aliphatic rings. The average Bonchev–Trinajstić information content (AvgIpc) is 3.42. The second-order valence-corrected chi connectivity index (χ2v) is 7.36. The number of carbonyl (C=O) groups is 1. The maximum absolute atomic E-state index is 12.2. The van der Waals surface area contributed by atoms with Crippen molar-refractivity contribution in [1.29, 1.82) is 0 Å². The highest BCUT2D eigenvalue weighted by Gasteiger charge is 2.24. The molecule has 29 heavy (non-hydrogen) atoms. The molecule has 6 heteroatoms. The van der Waals surface area contributed by atoms with Crippen molar-refractivity contribution in [1.82, 2.24) is 20.7 Å². The molecule has 4 rings (SSSR count). The topological polar surface area (TPSA) is 70.4 Å². The molecule has 2 aromatic carbocycles. The van der Waals surface area contributed by atoms with Gasteiger partial charge in [0, 0.05) is 30.8 Å². The Balaban J connectivity index is 1.22. The van der Waals surface area contributed by atoms with E-state index < -0.39 is 0 Å². The minimum atomic E-state index is -0.180. The summed E-state index contributed by atoms with van der Waals surface area (Å²) in [7, 11) is 0. The predicted molar refractivity (Wildman–Crippen MR) is 112 cm³/mol. The fourth-order valence-corrected chi connectivity index (χ4v) is 3.73. The fraction of sp³-hybridized carbons (Fsp3) is 0.304. The first-order valence-corrected chi connectivity index (χ1v) is 10.1. The Kier molecular flexibility index (Phi) is 6.22. The molecule has 1 fully saturated rings. The van der Waals surface area contributed by atoms with Crippen molar-refractivity contribution < 1.29 is 9.32 Å². The molecule has 0 spiro atoms. The summed E-state index contributed by atoms with van der Waals surface area (Å²) in [6.07, 6.45) is 2.28. The van der Waals surface area contributed by atoms with Crippen LogP contribution in [0.1, 0.15) is 24.1 Å². The molecule has 6 nitrogen and oxygen atoms in total. The summed E-state index contributed by atoms with van der Waals surface area (Å²) in [5.74, 6) is 0.699. The van der Waals surface area contributed by atoms with Crippen LogP contribution in [0.5, 0.6) is 0 Å². The van der Waals surface area contributed by atoms with Gasteiger partial charge in [0.25, 0.3) is 0 Å². The molecular formula is C23H26N4O2. The highest BCUT2D eigenvalue weighted by Crippen LogP contribution is 2.20. The van der Waals surface area contributed by atoms with E-state index in [4.69, 9.17) is 4.52 Å². The van der Waals surface area contributed by atoms with E-state index in [1.165, 1.54) is 12.0 Å². The van der Waals surface area contributed by atoms with E-state index in [-0.39, 0.29) is 6.03 Å². The number of urea groups is 1. The van der Waals surface area contributed by atoms with Crippen LogP contribution in [0.2, 0.25) is 0 Å². The molecule has 1 aromatic heterocycles. The van der Waals surface area contributed by atoms with E-state index in [0.29, 0.717) is 30.6 Å². The van der Waals surface area contributed by atoms with E-state index in [2.05, 4.69) is 45.0 Å². The van der Waals surface area contributed by atoms with Gasteiger partial charge in [-0.05, 0) is 24.9 Å². The quantitative estimate of drug-likeness (QED) is 0.644. The average molecular weight is 390 g/mol. The highest BCUT2D eigenvalue weighted by molar-refractivity contribution is 5.73. The molecule has 0 saturated carbocycles. The molecular weight excluding hydrogens is 364 g/mol. The molecule has 1 aliphatic heterocycles. The summed E-state index contributed by atoms with van der Waals surface area (Å²) >= 11 is 0. The molecule has 1 unspecified atom stereocenters. The van der Waals surface area contributed by atoms with Gasteiger partial charge >= 0.3 is 6.03 Å². The summed E-state index contributed by atoms with van der Waals surface area (Å²) in [5, 5.41) is 9.90. The third-order valence-corrected chi connectivity index (χ3v) is 5.27. The smallest absolute Gasteiger partial charge is 0.315 e. The number of nitrogens with zero attached hydrogens (tertiary/aromatic N) is 2. The monoisotopic (exact) mass is 390 g/mol. The molecule has 1 atom stereocenters. The van der Waals surface area contributed by atoms with E-state index in [9.17, 15) is 4.79 Å². The Morgan fingerprint density at radius 1 is 1.07 bits per heavy atom. The lowest BCUT2D eigenvalue weighted by Gasteiger charge is -2.24. The first-order chi connectivity index (χ1) is 14.3. The number of nitrogens with one attached hydrogen (secondary N) is 2. The molecule has 150 valence electrons. The molecule has 2 heterocycles. The van der Waals surface area contributed by atoms with Crippen molar-refractivity contribution in [3.8, 4) is 11.3 Å². The van der Waals surface area contributed by atoms with Crippen LogP contribution in [-0.4, -0.2) is 35.2 Å². The van der Waals surface area contributed by atoms with Crippen molar-refractivity contribution in [2.45, 2.75) is 32.0 Å². The third-order valence-electron chi connectivity index (χ3n) is 5.27. The Morgan fingerprint density at radius 2 is 1.83 bits per heavy atom. The lowest BCUT2D eigenvalue weighted by atomic mass is 10.2. The maximum Gasteiger partial charge on any atom is 0.315 e. The standard InChI is InChI=1S/C23H26N4O2/c28-23(24-15-20-14-22(29-26-20)19-10-5-2-6-11-19)25-16-21-12-7-13-27(21)17-18-8-3-1-4-9-18/h1-6,8-11,14,21H,7,12-13,15-17H2,(H2,24,25,28). The molecule has 2 amide bonds. The maximum atomic E-state index is 12.2. The Morgan fingerprint density at radius 3 is 2.62 bits per heavy atom. The minimum absolute atomic E-state index is 0.180. The van der Waals surface area contributed by atoms with Crippen molar-refractivity contribution in [2.24, 2.45) is 0 Å². The van der Waals surface area contributed by atoms with Crippen LogP contribution in [0.15, 0.2) is 71.3 Å². The number of benzene rings is 2. The van der Waals surface area contributed by atoms with Gasteiger partial charge in [-0.25, -0.2) is 4.79 Å². The summed E-state index contributed by atoms with van der Waals surface area (Å²) in [6.45, 7) is 2.98. The van der Waals surface area contributed by atoms with Gasteiger partial charge in [0.1, 0.15) is 5.69 Å². The summed E-state index contributed by atoms with van der Waals surface area (Å²) in [5.41, 5.74) is 2.98. The SMILES string of the molecule is O=C(NCc1cc(-c2ccccc2)on1)NCC1CCCN1Cc1ccccc1. The molecule has 0 bridgehead atoms. The lowest BCUT2D eigenvalue weighted by molar-refractivity contribution is 0.221. The van der Waals surface area contributed by atoms with Crippen LogP contribution in [-0.2, 0) is 13.1 Å². The van der Waals surface area contributed by atoms with Crippen LogP contribution < -0.4 is 10.6 Å². The second kappa shape index (κ2) is 9.39. The highest BCUT2D eigenvalue weighted by atomic mass is 16.5. The van der Waals surface area contributed by atoms with Gasteiger partial charge in [-0.1, -0.05) is 65.8 Å². The zero-order valence-electron chi connectivity index (χ0n) is 16.4. The van der Waals surface area contributed by atoms with Crippen molar-refractivity contribution >= 4 is 6.03 Å². The summed E-state index contributed by atoms with van der Waals surface area (Å²) < 4.78 is 5.37. The Labute approximate surface area is 170 Å². The third kappa shape index (κ3) is 5.23. The van der Waals surface area contributed by atoms with E-state index >= 15 is 0 Å². The van der Waals surface area contributed by atoms with Gasteiger partial charge in [0.15, 0.2) is 5.76 Å². The normalized spacial score (nSPS) is 16.6. The number of carbonyl (C=O) groups excluding carboxylic acids is 1. The predicted octanol–water partition coefficient (Wildman–Crippen LogP) is 3.81. The Hall–Kier alpha value is -3.12. The van der Waals surface area contributed by atoms with E-state index in [1.54, 1.807) is 0 Å². The molecule has 2 N–H and O–H groups in total. The van der Waals surface area contributed by atoms with Gasteiger partial charge in [0.2, 0.25) is 0 Å². The van der Waals surface area contributed by atoms with Crippen LogP contribution in [0.25, 0.3) is 11.3 Å². The second-order valence-electron chi connectivity index (χ2n) is 7.36. The number of hydrogen-bond acceptors (Lipinski definition) is 4. The van der Waals surface area contributed by atoms with Gasteiger partial charge in [-0.2, -0.15) is 0 Å². The van der Waals surface area contributed by atoms with Crippen LogP contribution >= 0.6 is 0 Å². The molecule has 0 aliphatic carbocycles. The number of hydrogen-bond donors (Lipinski definition) is 2. The van der Waals surface area contributed by atoms with Crippen LogP contribution in [0.4, 0.5) is 4.79 Å². The Bertz CT molecular complexity index is 911. The molecule has 3 aromatic rings. The summed E-state index contributed by atoms with van der Waals surface area (Å²) in [4.78, 5) is 14.7. The van der Waals surface area contributed by atoms with Crippen molar-refractivity contribution in [3.05, 3.63) is 78.0 Å². The zero-order valence-corrected chi connectivity index (χ0v) is 16.4. The fourth-order valence-electron chi connectivity index (χ4n) is 3.73. The van der Waals surface area contributed by atoms with Gasteiger partial charge < -0.3 is 15.2 Å². The minimum Gasteiger partial charge on any atom is -0.356 e. The number of likely N-dealkylation sites (tertiary alicyclic amines) is 1.